The van der Waals surface area contributed by atoms with Gasteiger partial charge in [-0.05, 0) is 31.6 Å². The standard InChI is InChI=1S/C16H24O4/c1-9-6-5-7-16(3)8-11(17)12(14(18)13(9)16)10(2)15(19)20-4/h6,11-14,17-18H,2,5,7-8H2,1,3-4H3. The number of rotatable bonds is 2. The summed E-state index contributed by atoms with van der Waals surface area (Å²) in [6.45, 7) is 7.85. The van der Waals surface area contributed by atoms with Crippen LogP contribution in [0.25, 0.3) is 0 Å². The highest BCUT2D eigenvalue weighted by Crippen LogP contribution is 2.53. The molecular weight excluding hydrogens is 256 g/mol. The summed E-state index contributed by atoms with van der Waals surface area (Å²) in [4.78, 5) is 11.7. The summed E-state index contributed by atoms with van der Waals surface area (Å²) >= 11 is 0. The average Bonchev–Trinajstić information content (AvgIpc) is 2.36. The van der Waals surface area contributed by atoms with Crippen molar-refractivity contribution in [3.05, 3.63) is 23.8 Å². The molecule has 4 nitrogen and oxygen atoms in total. The summed E-state index contributed by atoms with van der Waals surface area (Å²) in [5.41, 5.74) is 1.18. The maximum atomic E-state index is 11.7. The molecule has 0 radical (unpaired) electrons. The molecule has 2 aliphatic carbocycles. The topological polar surface area (TPSA) is 66.8 Å². The van der Waals surface area contributed by atoms with E-state index in [4.69, 9.17) is 0 Å². The number of aliphatic hydroxyl groups excluding tert-OH is 2. The van der Waals surface area contributed by atoms with Gasteiger partial charge in [-0.3, -0.25) is 0 Å². The van der Waals surface area contributed by atoms with E-state index in [0.29, 0.717) is 6.42 Å². The lowest BCUT2D eigenvalue weighted by Crippen LogP contribution is -2.54. The summed E-state index contributed by atoms with van der Waals surface area (Å²) < 4.78 is 4.67. The van der Waals surface area contributed by atoms with E-state index in [2.05, 4.69) is 24.3 Å². The van der Waals surface area contributed by atoms with E-state index in [0.717, 1.165) is 18.4 Å². The van der Waals surface area contributed by atoms with Gasteiger partial charge in [-0.15, -0.1) is 0 Å². The van der Waals surface area contributed by atoms with E-state index < -0.39 is 24.1 Å². The quantitative estimate of drug-likeness (QED) is 0.460. The van der Waals surface area contributed by atoms with Crippen molar-refractivity contribution in [1.29, 1.82) is 0 Å². The van der Waals surface area contributed by atoms with Crippen molar-refractivity contribution >= 4 is 5.97 Å². The molecule has 4 heteroatoms. The molecule has 0 aliphatic heterocycles. The van der Waals surface area contributed by atoms with E-state index in [-0.39, 0.29) is 16.9 Å². The Morgan fingerprint density at radius 3 is 2.75 bits per heavy atom. The predicted octanol–water partition coefficient (Wildman–Crippen LogP) is 1.82. The van der Waals surface area contributed by atoms with Crippen molar-refractivity contribution in [2.45, 2.75) is 45.3 Å². The zero-order chi connectivity index (χ0) is 15.1. The zero-order valence-electron chi connectivity index (χ0n) is 12.4. The summed E-state index contributed by atoms with van der Waals surface area (Å²) in [6.07, 6.45) is 3.07. The van der Waals surface area contributed by atoms with E-state index in [1.165, 1.54) is 7.11 Å². The van der Waals surface area contributed by atoms with Gasteiger partial charge in [0.05, 0.1) is 19.3 Å². The molecule has 5 unspecified atom stereocenters. The number of hydrogen-bond donors (Lipinski definition) is 2. The van der Waals surface area contributed by atoms with Crippen LogP contribution in [-0.2, 0) is 9.53 Å². The van der Waals surface area contributed by atoms with Crippen LogP contribution in [0.1, 0.15) is 33.1 Å². The molecule has 2 rings (SSSR count). The fraction of sp³-hybridized carbons (Fsp3) is 0.688. The number of allylic oxidation sites excluding steroid dienone is 1. The molecule has 0 heterocycles. The number of esters is 1. The maximum absolute atomic E-state index is 11.7. The van der Waals surface area contributed by atoms with Crippen molar-refractivity contribution in [2.75, 3.05) is 7.11 Å². The monoisotopic (exact) mass is 280 g/mol. The molecule has 0 bridgehead atoms. The second kappa shape index (κ2) is 5.34. The number of ether oxygens (including phenoxy) is 1. The molecule has 0 spiro atoms. The first-order valence-corrected chi connectivity index (χ1v) is 7.11. The van der Waals surface area contributed by atoms with Crippen LogP contribution in [0.5, 0.6) is 0 Å². The molecule has 112 valence electrons. The van der Waals surface area contributed by atoms with Gasteiger partial charge in [0, 0.05) is 17.4 Å². The van der Waals surface area contributed by atoms with Crippen LogP contribution >= 0.6 is 0 Å². The summed E-state index contributed by atoms with van der Waals surface area (Å²) in [5, 5.41) is 21.1. The molecule has 1 saturated carbocycles. The van der Waals surface area contributed by atoms with Crippen molar-refractivity contribution in [2.24, 2.45) is 17.3 Å². The van der Waals surface area contributed by atoms with E-state index in [1.807, 2.05) is 6.92 Å². The fourth-order valence-corrected chi connectivity index (χ4v) is 4.12. The van der Waals surface area contributed by atoms with Crippen LogP contribution < -0.4 is 0 Å². The number of fused-ring (bicyclic) bond motifs is 1. The van der Waals surface area contributed by atoms with Gasteiger partial charge in [-0.2, -0.15) is 0 Å². The van der Waals surface area contributed by atoms with Gasteiger partial charge in [-0.1, -0.05) is 25.2 Å². The highest BCUT2D eigenvalue weighted by molar-refractivity contribution is 5.88. The molecule has 2 N–H and O–H groups in total. The summed E-state index contributed by atoms with van der Waals surface area (Å²) in [5.74, 6) is -1.25. The number of aliphatic hydroxyl groups is 2. The Bertz CT molecular complexity index is 453. The highest BCUT2D eigenvalue weighted by Gasteiger charge is 2.52. The third kappa shape index (κ3) is 2.31. The van der Waals surface area contributed by atoms with Gasteiger partial charge >= 0.3 is 5.97 Å². The molecule has 0 saturated heterocycles. The van der Waals surface area contributed by atoms with Gasteiger partial charge in [-0.25, -0.2) is 4.79 Å². The SMILES string of the molecule is C=C(C(=O)OC)C1C(O)CC2(C)CCC=C(C)C2C1O. The lowest BCUT2D eigenvalue weighted by Gasteiger charge is -2.52. The lowest BCUT2D eigenvalue weighted by molar-refractivity contribution is -0.142. The lowest BCUT2D eigenvalue weighted by atomic mass is 9.55. The number of carbonyl (C=O) groups is 1. The van der Waals surface area contributed by atoms with Crippen LogP contribution in [0.4, 0.5) is 0 Å². The Labute approximate surface area is 120 Å². The number of methoxy groups -OCH3 is 1. The van der Waals surface area contributed by atoms with Crippen LogP contribution in [0.15, 0.2) is 23.8 Å². The molecule has 0 aromatic carbocycles. The first kappa shape index (κ1) is 15.3. The maximum Gasteiger partial charge on any atom is 0.333 e. The molecule has 0 aromatic rings. The second-order valence-corrected chi connectivity index (χ2v) is 6.42. The Hall–Kier alpha value is -1.13. The van der Waals surface area contributed by atoms with Crippen LogP contribution in [-0.4, -0.2) is 35.5 Å². The Kier molecular flexibility index (Phi) is 4.07. The van der Waals surface area contributed by atoms with Crippen LogP contribution in [0.3, 0.4) is 0 Å². The van der Waals surface area contributed by atoms with Crippen molar-refractivity contribution in [3.8, 4) is 0 Å². The summed E-state index contributed by atoms with van der Waals surface area (Å²) in [6, 6.07) is 0. The van der Waals surface area contributed by atoms with Crippen LogP contribution in [0.2, 0.25) is 0 Å². The summed E-state index contributed by atoms with van der Waals surface area (Å²) in [7, 11) is 1.28. The molecule has 5 atom stereocenters. The Balaban J connectivity index is 2.34. The van der Waals surface area contributed by atoms with E-state index in [9.17, 15) is 15.0 Å². The number of hydrogen-bond acceptors (Lipinski definition) is 4. The van der Waals surface area contributed by atoms with Crippen molar-refractivity contribution in [1.82, 2.24) is 0 Å². The first-order valence-electron chi connectivity index (χ1n) is 7.11. The average molecular weight is 280 g/mol. The van der Waals surface area contributed by atoms with Gasteiger partial charge in [0.1, 0.15) is 0 Å². The molecule has 0 aromatic heterocycles. The minimum absolute atomic E-state index is 0.0361. The third-order valence-corrected chi connectivity index (χ3v) is 5.07. The van der Waals surface area contributed by atoms with Gasteiger partial charge < -0.3 is 14.9 Å². The second-order valence-electron chi connectivity index (χ2n) is 6.42. The van der Waals surface area contributed by atoms with Gasteiger partial charge in [0.2, 0.25) is 0 Å². The Morgan fingerprint density at radius 2 is 2.15 bits per heavy atom. The molecular formula is C16H24O4. The highest BCUT2D eigenvalue weighted by atomic mass is 16.5. The molecule has 2 aliphatic rings. The van der Waals surface area contributed by atoms with Gasteiger partial charge in [0.15, 0.2) is 0 Å². The molecule has 0 amide bonds. The third-order valence-electron chi connectivity index (χ3n) is 5.07. The predicted molar refractivity (Wildman–Crippen MR) is 75.9 cm³/mol. The Morgan fingerprint density at radius 1 is 1.50 bits per heavy atom. The minimum atomic E-state index is -0.799. The normalized spacial score (nSPS) is 40.5. The van der Waals surface area contributed by atoms with Crippen molar-refractivity contribution < 1.29 is 19.7 Å². The van der Waals surface area contributed by atoms with Crippen molar-refractivity contribution in [3.63, 3.8) is 0 Å². The largest absolute Gasteiger partial charge is 0.466 e. The minimum Gasteiger partial charge on any atom is -0.466 e. The zero-order valence-corrected chi connectivity index (χ0v) is 12.4. The smallest absolute Gasteiger partial charge is 0.333 e. The number of carbonyl (C=O) groups excluding carboxylic acids is 1. The van der Waals surface area contributed by atoms with E-state index in [1.54, 1.807) is 0 Å². The molecule has 1 fully saturated rings. The van der Waals surface area contributed by atoms with Gasteiger partial charge in [0.25, 0.3) is 0 Å². The molecule has 20 heavy (non-hydrogen) atoms. The van der Waals surface area contributed by atoms with E-state index >= 15 is 0 Å². The van der Waals surface area contributed by atoms with Crippen LogP contribution in [0, 0.1) is 17.3 Å². The first-order chi connectivity index (χ1) is 9.31. The fourth-order valence-electron chi connectivity index (χ4n) is 4.12.